The largest absolute Gasteiger partial charge is 0.388 e. The number of ether oxygens (including phenoxy) is 1. The maximum atomic E-state index is 12.4. The molecular formula is C18H23N2O8P. The van der Waals surface area contributed by atoms with Gasteiger partial charge in [0, 0.05) is 11.8 Å². The molecule has 1 aromatic carbocycles. The lowest BCUT2D eigenvalue weighted by atomic mass is 10.1. The Hall–Kier alpha value is -2.07. The molecule has 0 radical (unpaired) electrons. The second-order valence-corrected chi connectivity index (χ2v) is 8.79. The fraction of sp³-hybridized carbons (Fsp3) is 0.444. The fourth-order valence-electron chi connectivity index (χ4n) is 3.42. The number of benzene rings is 1. The Labute approximate surface area is 165 Å². The van der Waals surface area contributed by atoms with E-state index in [1.807, 2.05) is 30.3 Å². The van der Waals surface area contributed by atoms with Gasteiger partial charge in [0.2, 0.25) is 0 Å². The third-order valence-electron chi connectivity index (χ3n) is 4.87. The summed E-state index contributed by atoms with van der Waals surface area (Å²) in [5.74, 6) is 0. The molecule has 0 spiro atoms. The zero-order chi connectivity index (χ0) is 21.2. The number of aliphatic hydroxyl groups excluding tert-OH is 2. The van der Waals surface area contributed by atoms with Crippen LogP contribution in [0.15, 0.2) is 46.0 Å². The smallest absolute Gasteiger partial charge is 0.330 e. The van der Waals surface area contributed by atoms with Crippen molar-refractivity contribution < 1.29 is 29.3 Å². The summed E-state index contributed by atoms with van der Waals surface area (Å²) in [6.07, 6.45) is -5.20. The molecule has 1 aliphatic heterocycles. The number of H-pyrrole nitrogens is 1. The first-order valence-corrected chi connectivity index (χ1v) is 10.9. The molecule has 0 saturated carbocycles. The van der Waals surface area contributed by atoms with Crippen LogP contribution in [-0.4, -0.2) is 54.0 Å². The third-order valence-corrected chi connectivity index (χ3v) is 5.71. The molecule has 4 atom stereocenters. The van der Waals surface area contributed by atoms with Gasteiger partial charge in [-0.05, 0) is 24.8 Å². The van der Waals surface area contributed by atoms with Gasteiger partial charge in [0.15, 0.2) is 6.23 Å². The van der Waals surface area contributed by atoms with Crippen molar-refractivity contribution in [2.24, 2.45) is 0 Å². The van der Waals surface area contributed by atoms with Gasteiger partial charge < -0.3 is 24.7 Å². The Morgan fingerprint density at radius 3 is 2.41 bits per heavy atom. The van der Waals surface area contributed by atoms with Crippen LogP contribution < -0.4 is 11.2 Å². The predicted octanol–water partition coefficient (Wildman–Crippen LogP) is -0.491. The molecule has 3 rings (SSSR count). The van der Waals surface area contributed by atoms with Crippen molar-refractivity contribution in [2.45, 2.75) is 43.8 Å². The standard InChI is InChI=1S/C18H23N2O8P/c21-14-10-12(7-6-11-4-2-1-3-5-11)20(18(24)19-14)17-16(23)15(22)13(28-17)8-9-29(25,26)27/h1-5,10,13,15-17,22-23H,6-9H2,(H,19,21,24)(H2,25,26,27)/t13-,15-,16-,17-/m1/s1. The molecule has 2 aromatic rings. The van der Waals surface area contributed by atoms with E-state index in [4.69, 9.17) is 14.5 Å². The summed E-state index contributed by atoms with van der Waals surface area (Å²) in [5, 5.41) is 20.6. The topological polar surface area (TPSA) is 162 Å². The monoisotopic (exact) mass is 426 g/mol. The first kappa shape index (κ1) is 21.6. The van der Waals surface area contributed by atoms with Crippen LogP contribution in [0, 0.1) is 0 Å². The van der Waals surface area contributed by atoms with Crippen LogP contribution in [0.2, 0.25) is 0 Å². The molecule has 5 N–H and O–H groups in total. The Bertz CT molecular complexity index is 999. The first-order valence-electron chi connectivity index (χ1n) is 9.10. The normalized spacial score (nSPS) is 24.7. The predicted molar refractivity (Wildman–Crippen MR) is 103 cm³/mol. The lowest BCUT2D eigenvalue weighted by molar-refractivity contribution is -0.0420. The average Bonchev–Trinajstić information content (AvgIpc) is 2.93. The van der Waals surface area contributed by atoms with E-state index in [2.05, 4.69) is 4.98 Å². The molecule has 1 aliphatic rings. The van der Waals surface area contributed by atoms with Crippen LogP contribution in [0.1, 0.15) is 23.9 Å². The zero-order valence-corrected chi connectivity index (χ0v) is 16.3. The van der Waals surface area contributed by atoms with Crippen molar-refractivity contribution in [3.05, 3.63) is 68.5 Å². The number of nitrogens with one attached hydrogen (secondary N) is 1. The van der Waals surface area contributed by atoms with E-state index in [1.54, 1.807) is 0 Å². The van der Waals surface area contributed by atoms with E-state index in [0.29, 0.717) is 18.5 Å². The minimum atomic E-state index is -4.32. The molecule has 1 saturated heterocycles. The third kappa shape index (κ3) is 5.30. The second-order valence-electron chi connectivity index (χ2n) is 7.01. The van der Waals surface area contributed by atoms with E-state index in [1.165, 1.54) is 6.07 Å². The second kappa shape index (κ2) is 8.74. The Morgan fingerprint density at radius 2 is 1.76 bits per heavy atom. The lowest BCUT2D eigenvalue weighted by Crippen LogP contribution is -2.39. The maximum Gasteiger partial charge on any atom is 0.330 e. The van der Waals surface area contributed by atoms with Crippen molar-refractivity contribution in [3.63, 3.8) is 0 Å². The van der Waals surface area contributed by atoms with E-state index in [0.717, 1.165) is 10.1 Å². The highest BCUT2D eigenvalue weighted by molar-refractivity contribution is 7.51. The molecule has 0 unspecified atom stereocenters. The number of aromatic nitrogens is 2. The number of aromatic amines is 1. The Balaban J connectivity index is 1.86. The molecular weight excluding hydrogens is 403 g/mol. The minimum Gasteiger partial charge on any atom is -0.388 e. The van der Waals surface area contributed by atoms with Gasteiger partial charge >= 0.3 is 13.3 Å². The van der Waals surface area contributed by atoms with Crippen LogP contribution in [-0.2, 0) is 22.1 Å². The highest BCUT2D eigenvalue weighted by Crippen LogP contribution is 2.39. The molecule has 0 aliphatic carbocycles. The van der Waals surface area contributed by atoms with E-state index in [-0.39, 0.29) is 6.42 Å². The van der Waals surface area contributed by atoms with Crippen LogP contribution in [0.3, 0.4) is 0 Å². The molecule has 158 valence electrons. The lowest BCUT2D eigenvalue weighted by Gasteiger charge is -2.21. The number of aryl methyl sites for hydroxylation is 2. The molecule has 0 bridgehead atoms. The average molecular weight is 426 g/mol. The molecule has 2 heterocycles. The summed E-state index contributed by atoms with van der Waals surface area (Å²) >= 11 is 0. The van der Waals surface area contributed by atoms with E-state index < -0.39 is 49.5 Å². The van der Waals surface area contributed by atoms with Gasteiger partial charge in [-0.25, -0.2) is 4.79 Å². The summed E-state index contributed by atoms with van der Waals surface area (Å²) in [6.45, 7) is 0. The summed E-state index contributed by atoms with van der Waals surface area (Å²) in [5.41, 5.74) is -0.0958. The van der Waals surface area contributed by atoms with Crippen LogP contribution >= 0.6 is 7.60 Å². The minimum absolute atomic E-state index is 0.198. The number of aliphatic hydroxyl groups is 2. The molecule has 10 nitrogen and oxygen atoms in total. The summed E-state index contributed by atoms with van der Waals surface area (Å²) in [4.78, 5) is 44.4. The summed E-state index contributed by atoms with van der Waals surface area (Å²) < 4.78 is 17.8. The maximum absolute atomic E-state index is 12.4. The molecule has 0 amide bonds. The van der Waals surface area contributed by atoms with Crippen LogP contribution in [0.4, 0.5) is 0 Å². The fourth-order valence-corrected chi connectivity index (χ4v) is 4.01. The number of rotatable bonds is 7. The van der Waals surface area contributed by atoms with Crippen LogP contribution in [0.5, 0.6) is 0 Å². The number of hydrogen-bond acceptors (Lipinski definition) is 6. The van der Waals surface area contributed by atoms with Crippen molar-refractivity contribution in [3.8, 4) is 0 Å². The number of nitrogens with zero attached hydrogens (tertiary/aromatic N) is 1. The van der Waals surface area contributed by atoms with E-state index in [9.17, 15) is 24.4 Å². The van der Waals surface area contributed by atoms with Gasteiger partial charge in [0.05, 0.1) is 12.3 Å². The summed E-state index contributed by atoms with van der Waals surface area (Å²) in [7, 11) is -4.32. The SMILES string of the molecule is O=c1cc(CCc2ccccc2)n([C@@H]2O[C@H](CCP(=O)(O)O)[C@@H](O)[C@H]2O)c(=O)[nH]1. The molecule has 11 heteroatoms. The van der Waals surface area contributed by atoms with Gasteiger partial charge in [-0.2, -0.15) is 0 Å². The van der Waals surface area contributed by atoms with Gasteiger partial charge in [-0.1, -0.05) is 30.3 Å². The molecule has 29 heavy (non-hydrogen) atoms. The van der Waals surface area contributed by atoms with Gasteiger partial charge in [0.1, 0.15) is 12.2 Å². The van der Waals surface area contributed by atoms with Crippen LogP contribution in [0.25, 0.3) is 0 Å². The number of hydrogen-bond donors (Lipinski definition) is 5. The molecule has 1 fully saturated rings. The first-order chi connectivity index (χ1) is 13.7. The Kier molecular flexibility index (Phi) is 6.52. The van der Waals surface area contributed by atoms with Gasteiger partial charge in [0.25, 0.3) is 5.56 Å². The molecule has 1 aromatic heterocycles. The highest BCUT2D eigenvalue weighted by Gasteiger charge is 2.45. The van der Waals surface area contributed by atoms with Crippen molar-refractivity contribution in [2.75, 3.05) is 6.16 Å². The van der Waals surface area contributed by atoms with Crippen molar-refractivity contribution >= 4 is 7.60 Å². The van der Waals surface area contributed by atoms with Gasteiger partial charge in [-0.15, -0.1) is 0 Å². The van der Waals surface area contributed by atoms with Crippen molar-refractivity contribution in [1.82, 2.24) is 9.55 Å². The van der Waals surface area contributed by atoms with E-state index >= 15 is 0 Å². The van der Waals surface area contributed by atoms with Crippen molar-refractivity contribution in [1.29, 1.82) is 0 Å². The van der Waals surface area contributed by atoms with Gasteiger partial charge in [-0.3, -0.25) is 18.9 Å². The highest BCUT2D eigenvalue weighted by atomic mass is 31.2. The summed E-state index contributed by atoms with van der Waals surface area (Å²) in [6, 6.07) is 10.6. The zero-order valence-electron chi connectivity index (χ0n) is 15.4. The quantitative estimate of drug-likeness (QED) is 0.371. The Morgan fingerprint density at radius 1 is 1.07 bits per heavy atom.